The highest BCUT2D eigenvalue weighted by atomic mass is 35.5. The van der Waals surface area contributed by atoms with Crippen molar-refractivity contribution in [3.8, 4) is 17.1 Å². The molecule has 33 heavy (non-hydrogen) atoms. The van der Waals surface area contributed by atoms with Crippen LogP contribution in [0.25, 0.3) is 11.4 Å². The van der Waals surface area contributed by atoms with Gasteiger partial charge in [0.05, 0.1) is 17.7 Å². The minimum absolute atomic E-state index is 0.0231. The van der Waals surface area contributed by atoms with Gasteiger partial charge in [-0.15, -0.1) is 0 Å². The first-order chi connectivity index (χ1) is 16.0. The van der Waals surface area contributed by atoms with E-state index in [2.05, 4.69) is 20.7 Å². The van der Waals surface area contributed by atoms with Crippen LogP contribution in [0.4, 0.5) is 4.39 Å². The Labute approximate surface area is 193 Å². The number of aromatic nitrogens is 2. The maximum atomic E-state index is 13.4. The number of nitrogens with one attached hydrogen (secondary N) is 1. The van der Waals surface area contributed by atoms with E-state index >= 15 is 0 Å². The number of hydrogen-bond acceptors (Lipinski definition) is 8. The normalized spacial score (nSPS) is 19.8. The third kappa shape index (κ3) is 4.27. The van der Waals surface area contributed by atoms with Gasteiger partial charge in [-0.3, -0.25) is 9.80 Å². The summed E-state index contributed by atoms with van der Waals surface area (Å²) in [4.78, 5) is 17.3. The molecule has 2 atom stereocenters. The lowest BCUT2D eigenvalue weighted by atomic mass is 10.0. The van der Waals surface area contributed by atoms with Gasteiger partial charge in [-0.1, -0.05) is 28.9 Å². The van der Waals surface area contributed by atoms with Gasteiger partial charge >= 0.3 is 0 Å². The Morgan fingerprint density at radius 3 is 2.85 bits per heavy atom. The first-order valence-electron chi connectivity index (χ1n) is 10.4. The molecule has 11 heteroatoms. The predicted octanol–water partition coefficient (Wildman–Crippen LogP) is 3.53. The second-order valence-corrected chi connectivity index (χ2v) is 8.02. The van der Waals surface area contributed by atoms with Crippen LogP contribution in [0.2, 0.25) is 5.02 Å². The molecule has 9 nitrogen and oxygen atoms in total. The average Bonchev–Trinajstić information content (AvgIpc) is 3.46. The number of carbonyl (C=O) groups is 1. The Bertz CT molecular complexity index is 1200. The average molecular weight is 471 g/mol. The van der Waals surface area contributed by atoms with E-state index in [0.717, 1.165) is 11.3 Å². The molecule has 1 saturated heterocycles. The van der Waals surface area contributed by atoms with Crippen molar-refractivity contribution in [2.24, 2.45) is 5.10 Å². The topological polar surface area (TPSA) is 96.1 Å². The molecule has 0 spiro atoms. The Morgan fingerprint density at radius 2 is 2.09 bits per heavy atom. The number of amides is 1. The molecule has 2 aliphatic heterocycles. The third-order valence-electron chi connectivity index (χ3n) is 5.48. The molecule has 3 heterocycles. The van der Waals surface area contributed by atoms with Crippen molar-refractivity contribution >= 4 is 23.8 Å². The number of ether oxygens (including phenoxy) is 1. The molecule has 2 unspecified atom stereocenters. The summed E-state index contributed by atoms with van der Waals surface area (Å²) in [6.45, 7) is 2.57. The molecule has 2 aromatic carbocycles. The van der Waals surface area contributed by atoms with E-state index in [1.165, 1.54) is 23.2 Å². The van der Waals surface area contributed by atoms with Crippen LogP contribution < -0.4 is 10.2 Å². The largest absolute Gasteiger partial charge is 0.494 e. The maximum absolute atomic E-state index is 13.4. The van der Waals surface area contributed by atoms with Crippen LogP contribution in [-0.2, 0) is 11.3 Å². The first-order valence-corrected chi connectivity index (χ1v) is 10.8. The number of hydrogen-bond donors (Lipinski definition) is 1. The van der Waals surface area contributed by atoms with Gasteiger partial charge in [-0.05, 0) is 49.2 Å². The van der Waals surface area contributed by atoms with E-state index in [9.17, 15) is 9.18 Å². The Balaban J connectivity index is 1.25. The van der Waals surface area contributed by atoms with Crippen LogP contribution in [-0.4, -0.2) is 45.1 Å². The number of rotatable bonds is 6. The van der Waals surface area contributed by atoms with Crippen molar-refractivity contribution in [3.05, 3.63) is 64.8 Å². The summed E-state index contributed by atoms with van der Waals surface area (Å²) in [6.07, 6.45) is 2.16. The lowest BCUT2D eigenvalue weighted by molar-refractivity contribution is -0.137. The van der Waals surface area contributed by atoms with Gasteiger partial charge in [0, 0.05) is 5.56 Å². The van der Waals surface area contributed by atoms with E-state index in [-0.39, 0.29) is 35.2 Å². The molecule has 170 valence electrons. The fourth-order valence-corrected chi connectivity index (χ4v) is 4.01. The molecular weight excluding hydrogens is 451 g/mol. The second-order valence-electron chi connectivity index (χ2n) is 7.61. The molecule has 5 rings (SSSR count). The van der Waals surface area contributed by atoms with E-state index in [1.54, 1.807) is 11.3 Å². The summed E-state index contributed by atoms with van der Waals surface area (Å²) in [5.41, 5.74) is 4.88. The quantitative estimate of drug-likeness (QED) is 0.588. The number of halogens is 2. The Kier molecular flexibility index (Phi) is 5.69. The van der Waals surface area contributed by atoms with Gasteiger partial charge in [0.2, 0.25) is 11.7 Å². The van der Waals surface area contributed by atoms with Crippen molar-refractivity contribution in [1.29, 1.82) is 0 Å². The molecule has 1 amide bonds. The third-order valence-corrected chi connectivity index (χ3v) is 5.77. The van der Waals surface area contributed by atoms with Gasteiger partial charge < -0.3 is 9.26 Å². The molecule has 3 aromatic rings. The number of hydrazone groups is 1. The number of carbonyl (C=O) groups excluding carboxylic acids is 1. The highest BCUT2D eigenvalue weighted by Crippen LogP contribution is 2.31. The van der Waals surface area contributed by atoms with Crippen LogP contribution in [0.3, 0.4) is 0 Å². The summed E-state index contributed by atoms with van der Waals surface area (Å²) >= 11 is 5.82. The molecule has 0 saturated carbocycles. The first kappa shape index (κ1) is 21.4. The molecule has 1 aromatic heterocycles. The summed E-state index contributed by atoms with van der Waals surface area (Å²) in [6, 6.07) is 11.5. The molecule has 0 aliphatic carbocycles. The summed E-state index contributed by atoms with van der Waals surface area (Å²) in [7, 11) is 0. The smallest absolute Gasteiger partial charge is 0.267 e. The summed E-state index contributed by atoms with van der Waals surface area (Å²) < 4.78 is 24.1. The van der Waals surface area contributed by atoms with Crippen LogP contribution in [0, 0.1) is 5.82 Å². The summed E-state index contributed by atoms with van der Waals surface area (Å²) in [5.74, 6) is 0.555. The van der Waals surface area contributed by atoms with Gasteiger partial charge in [-0.25, -0.2) is 14.8 Å². The summed E-state index contributed by atoms with van der Waals surface area (Å²) in [5, 5.41) is 11.1. The second kappa shape index (κ2) is 8.80. The van der Waals surface area contributed by atoms with Crippen molar-refractivity contribution in [2.45, 2.75) is 32.0 Å². The zero-order valence-electron chi connectivity index (χ0n) is 17.6. The molecule has 0 bridgehead atoms. The minimum atomic E-state index is -0.532. The molecule has 0 radical (unpaired) electrons. The number of fused-ring (bicyclic) bond motifs is 1. The minimum Gasteiger partial charge on any atom is -0.494 e. The van der Waals surface area contributed by atoms with E-state index < -0.39 is 11.9 Å². The lowest BCUT2D eigenvalue weighted by Gasteiger charge is -2.29. The molecule has 2 aliphatic rings. The van der Waals surface area contributed by atoms with Gasteiger partial charge in [0.1, 0.15) is 30.5 Å². The van der Waals surface area contributed by atoms with Crippen LogP contribution in [0.1, 0.15) is 30.8 Å². The standard InChI is InChI=1S/C22H20ClFN6O3/c1-2-32-15-6-3-13(4-7-15)18-10-19-22(31)29(25-12-30(19)27-18)11-20-26-21(28-33-20)14-5-8-17(24)16(23)9-14/h3-9,12,18-19,27H,2,10-11H2,1H3. The van der Waals surface area contributed by atoms with Gasteiger partial charge in [0.25, 0.3) is 5.91 Å². The highest BCUT2D eigenvalue weighted by molar-refractivity contribution is 6.31. The van der Waals surface area contributed by atoms with Crippen molar-refractivity contribution in [1.82, 2.24) is 25.6 Å². The van der Waals surface area contributed by atoms with Crippen LogP contribution in [0.15, 0.2) is 52.1 Å². The zero-order valence-corrected chi connectivity index (χ0v) is 18.4. The van der Waals surface area contributed by atoms with E-state index in [1.807, 2.05) is 31.2 Å². The van der Waals surface area contributed by atoms with Gasteiger partial charge in [-0.2, -0.15) is 10.1 Å². The number of nitrogens with zero attached hydrogens (tertiary/aromatic N) is 5. The lowest BCUT2D eigenvalue weighted by Crippen LogP contribution is -2.50. The van der Waals surface area contributed by atoms with Crippen LogP contribution >= 0.6 is 11.6 Å². The van der Waals surface area contributed by atoms with Gasteiger partial charge in [0.15, 0.2) is 0 Å². The fourth-order valence-electron chi connectivity index (χ4n) is 3.83. The fraction of sp³-hybridized carbons (Fsp3) is 0.273. The van der Waals surface area contributed by atoms with E-state index in [4.69, 9.17) is 20.9 Å². The molecule has 1 fully saturated rings. The Morgan fingerprint density at radius 1 is 1.27 bits per heavy atom. The SMILES string of the molecule is CCOc1ccc(C2CC3C(=O)N(Cc4nc(-c5ccc(F)c(Cl)c5)no4)N=CN3N2)cc1. The molecule has 1 N–H and O–H groups in total. The van der Waals surface area contributed by atoms with Crippen molar-refractivity contribution in [2.75, 3.05) is 6.61 Å². The van der Waals surface area contributed by atoms with Crippen LogP contribution in [0.5, 0.6) is 5.75 Å². The highest BCUT2D eigenvalue weighted by Gasteiger charge is 2.41. The van der Waals surface area contributed by atoms with E-state index in [0.29, 0.717) is 18.6 Å². The van der Waals surface area contributed by atoms with Crippen molar-refractivity contribution in [3.63, 3.8) is 0 Å². The van der Waals surface area contributed by atoms with Crippen molar-refractivity contribution < 1.29 is 18.4 Å². The Hall–Kier alpha value is -3.50. The maximum Gasteiger partial charge on any atom is 0.267 e. The number of hydrazine groups is 1. The number of benzene rings is 2. The predicted molar refractivity (Wildman–Crippen MR) is 117 cm³/mol. The zero-order chi connectivity index (χ0) is 22.9. The molecular formula is C22H20ClFN6O3. The monoisotopic (exact) mass is 470 g/mol.